The van der Waals surface area contributed by atoms with Gasteiger partial charge in [0.15, 0.2) is 0 Å². The van der Waals surface area contributed by atoms with Gasteiger partial charge >= 0.3 is 0 Å². The monoisotopic (exact) mass is 235 g/mol. The number of ether oxygens (including phenoxy) is 1. The predicted octanol–water partition coefficient (Wildman–Crippen LogP) is 3.41. The Morgan fingerprint density at radius 2 is 1.76 bits per heavy atom. The van der Waals surface area contributed by atoms with Crippen LogP contribution in [0.2, 0.25) is 0 Å². The molecule has 1 aromatic carbocycles. The summed E-state index contributed by atoms with van der Waals surface area (Å²) in [5, 5.41) is 0. The zero-order chi connectivity index (χ0) is 12.7. The van der Waals surface area contributed by atoms with Gasteiger partial charge in [0.05, 0.1) is 0 Å². The molecule has 0 aliphatic heterocycles. The van der Waals surface area contributed by atoms with E-state index >= 15 is 0 Å². The van der Waals surface area contributed by atoms with Crippen LogP contribution in [0.25, 0.3) is 0 Å². The number of nitrogens with zero attached hydrogens (tertiary/aromatic N) is 1. The van der Waals surface area contributed by atoms with Crippen molar-refractivity contribution in [2.24, 2.45) is 0 Å². The van der Waals surface area contributed by atoms with E-state index in [-0.39, 0.29) is 0 Å². The SMILES string of the molecule is CCCCN(C)CCOc1c(C)cccc1C. The summed E-state index contributed by atoms with van der Waals surface area (Å²) in [4.78, 5) is 2.33. The fraction of sp³-hybridized carbons (Fsp3) is 0.600. The molecule has 0 aliphatic carbocycles. The maximum atomic E-state index is 5.88. The van der Waals surface area contributed by atoms with Gasteiger partial charge in [-0.1, -0.05) is 31.5 Å². The van der Waals surface area contributed by atoms with Gasteiger partial charge in [-0.25, -0.2) is 0 Å². The first-order valence-corrected chi connectivity index (χ1v) is 6.52. The zero-order valence-corrected chi connectivity index (χ0v) is 11.6. The zero-order valence-electron chi connectivity index (χ0n) is 11.6. The number of para-hydroxylation sites is 1. The van der Waals surface area contributed by atoms with Crippen LogP contribution in [0.1, 0.15) is 30.9 Å². The summed E-state index contributed by atoms with van der Waals surface area (Å²) in [6.45, 7) is 9.35. The molecule has 0 radical (unpaired) electrons. The van der Waals surface area contributed by atoms with Crippen molar-refractivity contribution in [2.75, 3.05) is 26.7 Å². The number of aryl methyl sites for hydroxylation is 2. The summed E-state index contributed by atoms with van der Waals surface area (Å²) in [7, 11) is 2.16. The predicted molar refractivity (Wildman–Crippen MR) is 73.8 cm³/mol. The lowest BCUT2D eigenvalue weighted by molar-refractivity contribution is 0.233. The molecule has 0 aliphatic rings. The standard InChI is InChI=1S/C15H25NO/c1-5-6-10-16(4)11-12-17-15-13(2)8-7-9-14(15)3/h7-9H,5-6,10-12H2,1-4H3. The first-order valence-electron chi connectivity index (χ1n) is 6.52. The Bertz CT molecular complexity index is 315. The van der Waals surface area contributed by atoms with Crippen molar-refractivity contribution < 1.29 is 4.74 Å². The molecule has 0 saturated heterocycles. The van der Waals surface area contributed by atoms with Crippen molar-refractivity contribution in [2.45, 2.75) is 33.6 Å². The largest absolute Gasteiger partial charge is 0.492 e. The lowest BCUT2D eigenvalue weighted by Gasteiger charge is -2.18. The molecule has 0 fully saturated rings. The van der Waals surface area contributed by atoms with Crippen molar-refractivity contribution in [1.82, 2.24) is 4.90 Å². The summed E-state index contributed by atoms with van der Waals surface area (Å²) in [6.07, 6.45) is 2.52. The Morgan fingerprint density at radius 1 is 1.12 bits per heavy atom. The van der Waals surface area contributed by atoms with Crippen LogP contribution in [-0.2, 0) is 0 Å². The Kier molecular flexibility index (Phi) is 6.06. The van der Waals surface area contributed by atoms with Gasteiger partial charge in [0.25, 0.3) is 0 Å². The van der Waals surface area contributed by atoms with E-state index in [0.29, 0.717) is 0 Å². The summed E-state index contributed by atoms with van der Waals surface area (Å²) >= 11 is 0. The first kappa shape index (κ1) is 14.0. The topological polar surface area (TPSA) is 12.5 Å². The number of benzene rings is 1. The minimum atomic E-state index is 0.770. The van der Waals surface area contributed by atoms with Crippen LogP contribution in [0.3, 0.4) is 0 Å². The Hall–Kier alpha value is -1.02. The highest BCUT2D eigenvalue weighted by Gasteiger charge is 2.03. The fourth-order valence-corrected chi connectivity index (χ4v) is 1.87. The third-order valence-corrected chi connectivity index (χ3v) is 3.02. The Morgan fingerprint density at radius 3 is 2.35 bits per heavy atom. The van der Waals surface area contributed by atoms with E-state index in [1.807, 2.05) is 0 Å². The quantitative estimate of drug-likeness (QED) is 0.718. The van der Waals surface area contributed by atoms with Crippen molar-refractivity contribution in [3.05, 3.63) is 29.3 Å². The molecular formula is C15H25NO. The van der Waals surface area contributed by atoms with Gasteiger partial charge in [-0.3, -0.25) is 0 Å². The Balaban J connectivity index is 2.35. The number of likely N-dealkylation sites (N-methyl/N-ethyl adjacent to an activating group) is 1. The van der Waals surface area contributed by atoms with Gasteiger partial charge in [0.1, 0.15) is 12.4 Å². The minimum absolute atomic E-state index is 0.770. The van der Waals surface area contributed by atoms with Gasteiger partial charge in [-0.05, 0) is 45.0 Å². The number of hydrogen-bond donors (Lipinski definition) is 0. The van der Waals surface area contributed by atoms with Crippen molar-refractivity contribution in [3.8, 4) is 5.75 Å². The molecule has 2 nitrogen and oxygen atoms in total. The van der Waals surface area contributed by atoms with E-state index in [0.717, 1.165) is 25.4 Å². The third-order valence-electron chi connectivity index (χ3n) is 3.02. The molecule has 0 spiro atoms. The molecule has 17 heavy (non-hydrogen) atoms. The molecule has 2 heteroatoms. The average Bonchev–Trinajstić information content (AvgIpc) is 2.30. The highest BCUT2D eigenvalue weighted by molar-refractivity contribution is 5.39. The highest BCUT2D eigenvalue weighted by Crippen LogP contribution is 2.21. The molecule has 0 bridgehead atoms. The maximum Gasteiger partial charge on any atom is 0.125 e. The summed E-state index contributed by atoms with van der Waals surface area (Å²) < 4.78 is 5.88. The summed E-state index contributed by atoms with van der Waals surface area (Å²) in [6, 6.07) is 6.27. The second-order valence-corrected chi connectivity index (χ2v) is 4.73. The molecular weight excluding hydrogens is 210 g/mol. The average molecular weight is 235 g/mol. The van der Waals surface area contributed by atoms with Crippen LogP contribution in [0.4, 0.5) is 0 Å². The van der Waals surface area contributed by atoms with Crippen LogP contribution in [0.5, 0.6) is 5.75 Å². The molecule has 0 heterocycles. The summed E-state index contributed by atoms with van der Waals surface area (Å²) in [5.41, 5.74) is 2.45. The molecule has 96 valence electrons. The number of rotatable bonds is 7. The van der Waals surface area contributed by atoms with Gasteiger partial charge in [-0.2, -0.15) is 0 Å². The van der Waals surface area contributed by atoms with Gasteiger partial charge in [0, 0.05) is 6.54 Å². The van der Waals surface area contributed by atoms with Gasteiger partial charge < -0.3 is 9.64 Å². The van der Waals surface area contributed by atoms with Crippen LogP contribution in [0.15, 0.2) is 18.2 Å². The van der Waals surface area contributed by atoms with Crippen LogP contribution < -0.4 is 4.74 Å². The van der Waals surface area contributed by atoms with E-state index < -0.39 is 0 Å². The first-order chi connectivity index (χ1) is 8.15. The van der Waals surface area contributed by atoms with E-state index in [9.17, 15) is 0 Å². The van der Waals surface area contributed by atoms with E-state index in [1.54, 1.807) is 0 Å². The third kappa shape index (κ3) is 4.78. The van der Waals surface area contributed by atoms with E-state index in [4.69, 9.17) is 4.74 Å². The molecule has 0 atom stereocenters. The van der Waals surface area contributed by atoms with Crippen molar-refractivity contribution in [1.29, 1.82) is 0 Å². The molecule has 1 rings (SSSR count). The van der Waals surface area contributed by atoms with E-state index in [1.165, 1.54) is 24.0 Å². The second kappa shape index (κ2) is 7.33. The normalized spacial score (nSPS) is 10.9. The number of unbranched alkanes of at least 4 members (excludes halogenated alkanes) is 1. The van der Waals surface area contributed by atoms with Gasteiger partial charge in [0.2, 0.25) is 0 Å². The van der Waals surface area contributed by atoms with Crippen molar-refractivity contribution >= 4 is 0 Å². The smallest absolute Gasteiger partial charge is 0.125 e. The lowest BCUT2D eigenvalue weighted by Crippen LogP contribution is -2.25. The van der Waals surface area contributed by atoms with Gasteiger partial charge in [-0.15, -0.1) is 0 Å². The molecule has 0 unspecified atom stereocenters. The molecule has 0 N–H and O–H groups in total. The fourth-order valence-electron chi connectivity index (χ4n) is 1.87. The number of hydrogen-bond acceptors (Lipinski definition) is 2. The highest BCUT2D eigenvalue weighted by atomic mass is 16.5. The van der Waals surface area contributed by atoms with Crippen LogP contribution in [0, 0.1) is 13.8 Å². The van der Waals surface area contributed by atoms with E-state index in [2.05, 4.69) is 50.9 Å². The maximum absolute atomic E-state index is 5.88. The summed E-state index contributed by atoms with van der Waals surface area (Å²) in [5.74, 6) is 1.05. The molecule has 0 amide bonds. The second-order valence-electron chi connectivity index (χ2n) is 4.73. The van der Waals surface area contributed by atoms with Crippen LogP contribution in [-0.4, -0.2) is 31.6 Å². The molecule has 1 aromatic rings. The van der Waals surface area contributed by atoms with Crippen molar-refractivity contribution in [3.63, 3.8) is 0 Å². The molecule has 0 aromatic heterocycles. The lowest BCUT2D eigenvalue weighted by atomic mass is 10.1. The minimum Gasteiger partial charge on any atom is -0.492 e. The van der Waals surface area contributed by atoms with Crippen LogP contribution >= 0.6 is 0 Å². The molecule has 0 saturated carbocycles. The Labute approximate surface area is 106 Å².